The van der Waals surface area contributed by atoms with E-state index in [2.05, 4.69) is 0 Å². The minimum absolute atomic E-state index is 0.219. The van der Waals surface area contributed by atoms with Crippen molar-refractivity contribution in [2.75, 3.05) is 7.11 Å². The Bertz CT molecular complexity index is 785. The quantitative estimate of drug-likeness (QED) is 0.627. The van der Waals surface area contributed by atoms with E-state index in [1.807, 2.05) is 6.07 Å². The highest BCUT2D eigenvalue weighted by molar-refractivity contribution is 6.15. The van der Waals surface area contributed by atoms with E-state index in [1.165, 1.54) is 6.92 Å². The number of hydrogen-bond acceptors (Lipinski definition) is 4. The van der Waals surface area contributed by atoms with Crippen molar-refractivity contribution in [3.8, 4) is 11.8 Å². The molecule has 0 heterocycles. The van der Waals surface area contributed by atoms with Crippen molar-refractivity contribution in [1.29, 1.82) is 5.26 Å². The summed E-state index contributed by atoms with van der Waals surface area (Å²) < 4.78 is 5.10. The lowest BCUT2D eigenvalue weighted by Crippen LogP contribution is -2.21. The molecule has 0 aliphatic carbocycles. The lowest BCUT2D eigenvalue weighted by molar-refractivity contribution is -0.117. The van der Waals surface area contributed by atoms with Crippen LogP contribution in [0.5, 0.6) is 5.75 Å². The molecule has 4 nitrogen and oxygen atoms in total. The molecular formula is C19H17NO3. The second-order valence-electron chi connectivity index (χ2n) is 5.32. The molecule has 0 bridgehead atoms. The van der Waals surface area contributed by atoms with E-state index < -0.39 is 5.92 Å². The molecule has 0 N–H and O–H groups in total. The van der Waals surface area contributed by atoms with E-state index in [-0.39, 0.29) is 11.6 Å². The van der Waals surface area contributed by atoms with E-state index in [9.17, 15) is 9.59 Å². The van der Waals surface area contributed by atoms with E-state index in [0.29, 0.717) is 28.0 Å². The van der Waals surface area contributed by atoms with Crippen molar-refractivity contribution in [3.63, 3.8) is 0 Å². The molecule has 0 aromatic heterocycles. The molecule has 1 unspecified atom stereocenters. The Morgan fingerprint density at radius 2 is 1.78 bits per heavy atom. The van der Waals surface area contributed by atoms with Gasteiger partial charge in [0.25, 0.3) is 0 Å². The number of carbonyl (C=O) groups excluding carboxylic acids is 2. The Kier molecular flexibility index (Phi) is 4.92. The molecule has 0 aliphatic heterocycles. The van der Waals surface area contributed by atoms with Gasteiger partial charge in [-0.05, 0) is 55.3 Å². The number of aryl methyl sites for hydroxylation is 1. The van der Waals surface area contributed by atoms with E-state index in [4.69, 9.17) is 10.00 Å². The van der Waals surface area contributed by atoms with Gasteiger partial charge >= 0.3 is 0 Å². The molecule has 0 fully saturated rings. The van der Waals surface area contributed by atoms with Crippen LogP contribution in [0, 0.1) is 18.3 Å². The zero-order valence-electron chi connectivity index (χ0n) is 13.3. The van der Waals surface area contributed by atoms with Crippen molar-refractivity contribution < 1.29 is 14.3 Å². The number of ether oxygens (including phenoxy) is 1. The molecule has 1 atom stereocenters. The van der Waals surface area contributed by atoms with Crippen LogP contribution in [0.3, 0.4) is 0 Å². The summed E-state index contributed by atoms with van der Waals surface area (Å²) in [4.78, 5) is 24.9. The van der Waals surface area contributed by atoms with E-state index in [0.717, 1.165) is 0 Å². The van der Waals surface area contributed by atoms with Crippen LogP contribution in [-0.2, 0) is 4.79 Å². The smallest absolute Gasteiger partial charge is 0.177 e. The number of Topliss-reactive ketones (excluding diaryl/α,β-unsaturated/α-hetero) is 2. The second-order valence-corrected chi connectivity index (χ2v) is 5.32. The molecule has 0 saturated heterocycles. The van der Waals surface area contributed by atoms with Crippen LogP contribution in [0.15, 0.2) is 42.5 Å². The molecule has 2 aromatic rings. The summed E-state index contributed by atoms with van der Waals surface area (Å²) in [5, 5.41) is 8.92. The highest BCUT2D eigenvalue weighted by Crippen LogP contribution is 2.26. The lowest BCUT2D eigenvalue weighted by atomic mass is 9.86. The number of nitriles is 1. The van der Waals surface area contributed by atoms with Crippen molar-refractivity contribution >= 4 is 11.6 Å². The molecule has 2 aromatic carbocycles. The van der Waals surface area contributed by atoms with Gasteiger partial charge in [0.2, 0.25) is 0 Å². The van der Waals surface area contributed by atoms with E-state index >= 15 is 0 Å². The predicted octanol–water partition coefficient (Wildman–Crippen LogP) is 3.43. The first kappa shape index (κ1) is 16.4. The Morgan fingerprint density at radius 3 is 2.26 bits per heavy atom. The molecule has 116 valence electrons. The van der Waals surface area contributed by atoms with Gasteiger partial charge in [-0.3, -0.25) is 9.59 Å². The van der Waals surface area contributed by atoms with Gasteiger partial charge in [0.15, 0.2) is 5.78 Å². The van der Waals surface area contributed by atoms with Crippen LogP contribution >= 0.6 is 0 Å². The third kappa shape index (κ3) is 3.46. The maximum absolute atomic E-state index is 12.8. The minimum Gasteiger partial charge on any atom is -0.497 e. The number of hydrogen-bond donors (Lipinski definition) is 0. The van der Waals surface area contributed by atoms with Crippen molar-refractivity contribution in [2.24, 2.45) is 0 Å². The normalized spacial score (nSPS) is 11.4. The number of benzene rings is 2. The van der Waals surface area contributed by atoms with Gasteiger partial charge in [-0.2, -0.15) is 5.26 Å². The molecule has 0 amide bonds. The van der Waals surface area contributed by atoms with Crippen LogP contribution < -0.4 is 4.74 Å². The van der Waals surface area contributed by atoms with Crippen molar-refractivity contribution in [1.82, 2.24) is 0 Å². The minimum atomic E-state index is -0.854. The van der Waals surface area contributed by atoms with E-state index in [1.54, 1.807) is 56.5 Å². The van der Waals surface area contributed by atoms with Gasteiger partial charge in [0.05, 0.1) is 18.7 Å². The summed E-state index contributed by atoms with van der Waals surface area (Å²) in [6.45, 7) is 3.17. The summed E-state index contributed by atoms with van der Waals surface area (Å²) in [7, 11) is 1.56. The molecule has 23 heavy (non-hydrogen) atoms. The Morgan fingerprint density at radius 1 is 1.13 bits per heavy atom. The SMILES string of the molecule is COc1ccc(C(C(C)=O)C(=O)c2ccc(C#N)cc2C)cc1. The van der Waals surface area contributed by atoms with Crippen LogP contribution in [0.4, 0.5) is 0 Å². The maximum atomic E-state index is 12.8. The van der Waals surface area contributed by atoms with Crippen LogP contribution in [-0.4, -0.2) is 18.7 Å². The first-order valence-corrected chi connectivity index (χ1v) is 7.17. The van der Waals surface area contributed by atoms with Gasteiger partial charge in [-0.15, -0.1) is 0 Å². The number of nitrogens with zero attached hydrogens (tertiary/aromatic N) is 1. The molecular weight excluding hydrogens is 290 g/mol. The number of carbonyl (C=O) groups is 2. The number of rotatable bonds is 5. The largest absolute Gasteiger partial charge is 0.497 e. The first-order valence-electron chi connectivity index (χ1n) is 7.17. The van der Waals surface area contributed by atoms with Crippen LogP contribution in [0.1, 0.15) is 39.9 Å². The second kappa shape index (κ2) is 6.89. The fourth-order valence-corrected chi connectivity index (χ4v) is 2.53. The number of ketones is 2. The van der Waals surface area contributed by atoms with Crippen LogP contribution in [0.25, 0.3) is 0 Å². The van der Waals surface area contributed by atoms with Gasteiger partial charge < -0.3 is 4.74 Å². The Labute approximate surface area is 135 Å². The monoisotopic (exact) mass is 307 g/mol. The topological polar surface area (TPSA) is 67.2 Å². The fourth-order valence-electron chi connectivity index (χ4n) is 2.53. The molecule has 0 aliphatic rings. The third-order valence-electron chi connectivity index (χ3n) is 3.74. The van der Waals surface area contributed by atoms with Gasteiger partial charge in [0, 0.05) is 5.56 Å². The Hall–Kier alpha value is -2.93. The molecule has 4 heteroatoms. The fraction of sp³-hybridized carbons (Fsp3) is 0.211. The third-order valence-corrected chi connectivity index (χ3v) is 3.74. The zero-order valence-corrected chi connectivity index (χ0v) is 13.3. The zero-order chi connectivity index (χ0) is 17.0. The highest BCUT2D eigenvalue weighted by Gasteiger charge is 2.27. The van der Waals surface area contributed by atoms with Gasteiger partial charge in [0.1, 0.15) is 17.5 Å². The molecule has 2 rings (SSSR count). The first-order chi connectivity index (χ1) is 11.0. The van der Waals surface area contributed by atoms with Crippen molar-refractivity contribution in [3.05, 3.63) is 64.7 Å². The Balaban J connectivity index is 2.43. The summed E-state index contributed by atoms with van der Waals surface area (Å²) in [6, 6.07) is 13.8. The summed E-state index contributed by atoms with van der Waals surface area (Å²) >= 11 is 0. The average molecular weight is 307 g/mol. The standard InChI is InChI=1S/C19H17NO3/c1-12-10-14(11-20)4-9-17(12)19(22)18(13(2)21)15-5-7-16(23-3)8-6-15/h4-10,18H,1-3H3. The van der Waals surface area contributed by atoms with Crippen LogP contribution in [0.2, 0.25) is 0 Å². The number of methoxy groups -OCH3 is 1. The summed E-state index contributed by atoms with van der Waals surface area (Å²) in [5.41, 5.74) is 2.27. The summed E-state index contributed by atoms with van der Waals surface area (Å²) in [5.74, 6) is -0.667. The molecule has 0 saturated carbocycles. The maximum Gasteiger partial charge on any atom is 0.177 e. The average Bonchev–Trinajstić information content (AvgIpc) is 2.55. The molecule has 0 spiro atoms. The van der Waals surface area contributed by atoms with Gasteiger partial charge in [-0.25, -0.2) is 0 Å². The van der Waals surface area contributed by atoms with Crippen molar-refractivity contribution in [2.45, 2.75) is 19.8 Å². The highest BCUT2D eigenvalue weighted by atomic mass is 16.5. The lowest BCUT2D eigenvalue weighted by Gasteiger charge is -2.15. The molecule has 0 radical (unpaired) electrons. The van der Waals surface area contributed by atoms with Gasteiger partial charge in [-0.1, -0.05) is 12.1 Å². The summed E-state index contributed by atoms with van der Waals surface area (Å²) in [6.07, 6.45) is 0. The predicted molar refractivity (Wildman–Crippen MR) is 86.6 cm³/mol.